The van der Waals surface area contributed by atoms with Crippen LogP contribution in [0.2, 0.25) is 0 Å². The van der Waals surface area contributed by atoms with Gasteiger partial charge in [0.15, 0.2) is 11.5 Å². The van der Waals surface area contributed by atoms with Gasteiger partial charge in [-0.05, 0) is 44.2 Å². The molecule has 144 valence electrons. The van der Waals surface area contributed by atoms with E-state index >= 15 is 0 Å². The molecule has 0 saturated carbocycles. The average molecular weight is 381 g/mol. The number of allylic oxidation sites excluding steroid dienone is 1. The van der Waals surface area contributed by atoms with Crippen molar-refractivity contribution in [2.75, 3.05) is 21.3 Å². The first-order valence-corrected chi connectivity index (χ1v) is 8.96. The van der Waals surface area contributed by atoms with E-state index in [9.17, 15) is 4.79 Å². The number of ether oxygens (including phenoxy) is 2. The van der Waals surface area contributed by atoms with Gasteiger partial charge in [-0.1, -0.05) is 6.08 Å². The summed E-state index contributed by atoms with van der Waals surface area (Å²) in [7, 11) is 5.13. The fraction of sp³-hybridized carbons (Fsp3) is 0.550. The molecule has 0 aromatic heterocycles. The van der Waals surface area contributed by atoms with Crippen molar-refractivity contribution in [3.8, 4) is 11.5 Å². The van der Waals surface area contributed by atoms with E-state index in [0.717, 1.165) is 18.4 Å². The number of nitrogens with zero attached hydrogens (tertiary/aromatic N) is 1. The molecular formula is C20H29ClN2O3. The van der Waals surface area contributed by atoms with E-state index in [1.54, 1.807) is 26.4 Å². The Hall–Kier alpha value is -1.72. The number of fused-ring (bicyclic) bond motifs is 2. The van der Waals surface area contributed by atoms with Crippen LogP contribution in [0.25, 0.3) is 0 Å². The van der Waals surface area contributed by atoms with E-state index in [1.807, 2.05) is 18.0 Å². The number of rotatable bonds is 6. The maximum absolute atomic E-state index is 13.1. The van der Waals surface area contributed by atoms with Gasteiger partial charge in [0.05, 0.1) is 14.2 Å². The smallest absolute Gasteiger partial charge is 0.253 e. The molecule has 0 aliphatic carbocycles. The van der Waals surface area contributed by atoms with Gasteiger partial charge in [-0.15, -0.1) is 19.0 Å². The second-order valence-electron chi connectivity index (χ2n) is 7.04. The Balaban J connectivity index is 0.00000243. The van der Waals surface area contributed by atoms with Crippen molar-refractivity contribution in [3.63, 3.8) is 0 Å². The normalized spacial score (nSPS) is 23.7. The number of hydrogen-bond acceptors (Lipinski definition) is 4. The zero-order valence-corrected chi connectivity index (χ0v) is 16.6. The lowest BCUT2D eigenvalue weighted by Crippen LogP contribution is -2.48. The fourth-order valence-corrected chi connectivity index (χ4v) is 4.19. The van der Waals surface area contributed by atoms with Crippen molar-refractivity contribution in [3.05, 3.63) is 35.9 Å². The molecule has 6 heteroatoms. The molecule has 2 aliphatic rings. The summed E-state index contributed by atoms with van der Waals surface area (Å²) in [4.78, 5) is 15.0. The van der Waals surface area contributed by atoms with E-state index in [-0.39, 0.29) is 18.3 Å². The van der Waals surface area contributed by atoms with E-state index in [0.29, 0.717) is 41.6 Å². The van der Waals surface area contributed by atoms with Crippen molar-refractivity contribution in [1.29, 1.82) is 0 Å². The number of carbonyl (C=O) groups excluding carboxylic acids is 1. The number of methoxy groups -OCH3 is 2. The summed E-state index contributed by atoms with van der Waals surface area (Å²) in [5.41, 5.74) is 1.56. The summed E-state index contributed by atoms with van der Waals surface area (Å²) in [5, 5.41) is 3.63. The van der Waals surface area contributed by atoms with E-state index in [4.69, 9.17) is 9.47 Å². The molecule has 1 N–H and O–H groups in total. The van der Waals surface area contributed by atoms with Crippen LogP contribution < -0.4 is 14.8 Å². The van der Waals surface area contributed by atoms with Gasteiger partial charge in [0.25, 0.3) is 5.91 Å². The van der Waals surface area contributed by atoms with Gasteiger partial charge in [0.2, 0.25) is 0 Å². The zero-order chi connectivity index (χ0) is 18.0. The summed E-state index contributed by atoms with van der Waals surface area (Å²) < 4.78 is 10.9. The summed E-state index contributed by atoms with van der Waals surface area (Å²) in [5.74, 6) is 1.29. The van der Waals surface area contributed by atoms with Gasteiger partial charge in [-0.2, -0.15) is 0 Å². The van der Waals surface area contributed by atoms with Crippen molar-refractivity contribution < 1.29 is 14.3 Å². The Kier molecular flexibility index (Phi) is 6.95. The second kappa shape index (κ2) is 8.78. The largest absolute Gasteiger partial charge is 0.493 e. The lowest BCUT2D eigenvalue weighted by Gasteiger charge is -2.35. The predicted octanol–water partition coefficient (Wildman–Crippen LogP) is 3.21. The minimum atomic E-state index is 0. The summed E-state index contributed by atoms with van der Waals surface area (Å²) in [6.07, 6.45) is 6.95. The molecule has 26 heavy (non-hydrogen) atoms. The van der Waals surface area contributed by atoms with Crippen LogP contribution in [0.15, 0.2) is 24.8 Å². The molecule has 2 bridgehead atoms. The number of halogens is 1. The number of piperidine rings is 1. The number of hydrogen-bond donors (Lipinski definition) is 1. The average Bonchev–Trinajstić information content (AvgIpc) is 2.97. The van der Waals surface area contributed by atoms with Gasteiger partial charge < -0.3 is 19.7 Å². The molecule has 1 amide bonds. The van der Waals surface area contributed by atoms with E-state index in [2.05, 4.69) is 11.9 Å². The molecule has 2 fully saturated rings. The SMILES string of the molecule is C=CCc1cc(C(=O)N(C)C2CC3CCC(C2)N3)cc(OC)c1OC.Cl. The lowest BCUT2D eigenvalue weighted by molar-refractivity contribution is 0.0681. The zero-order valence-electron chi connectivity index (χ0n) is 15.8. The summed E-state index contributed by atoms with van der Waals surface area (Å²) in [6, 6.07) is 5.08. The molecule has 2 saturated heterocycles. The maximum Gasteiger partial charge on any atom is 0.253 e. The molecule has 0 spiro atoms. The first kappa shape index (κ1) is 20.6. The molecule has 2 atom stereocenters. The Morgan fingerprint density at radius 1 is 1.27 bits per heavy atom. The van der Waals surface area contributed by atoms with Crippen molar-refractivity contribution in [2.24, 2.45) is 0 Å². The number of nitrogens with one attached hydrogen (secondary N) is 1. The van der Waals surface area contributed by atoms with Crippen LogP contribution in [0.3, 0.4) is 0 Å². The van der Waals surface area contributed by atoms with Crippen molar-refractivity contribution >= 4 is 18.3 Å². The van der Waals surface area contributed by atoms with Crippen LogP contribution in [0.1, 0.15) is 41.6 Å². The van der Waals surface area contributed by atoms with Gasteiger partial charge >= 0.3 is 0 Å². The summed E-state index contributed by atoms with van der Waals surface area (Å²) in [6.45, 7) is 3.79. The predicted molar refractivity (Wildman–Crippen MR) is 106 cm³/mol. The monoisotopic (exact) mass is 380 g/mol. The van der Waals surface area contributed by atoms with Crippen LogP contribution in [0.5, 0.6) is 11.5 Å². The van der Waals surface area contributed by atoms with Crippen LogP contribution >= 0.6 is 12.4 Å². The van der Waals surface area contributed by atoms with Crippen molar-refractivity contribution in [1.82, 2.24) is 10.2 Å². The van der Waals surface area contributed by atoms with Gasteiger partial charge in [0.1, 0.15) is 0 Å². The maximum atomic E-state index is 13.1. The molecule has 1 aromatic carbocycles. The number of amides is 1. The fourth-order valence-electron chi connectivity index (χ4n) is 4.19. The molecule has 0 radical (unpaired) electrons. The Labute approximate surface area is 162 Å². The third-order valence-corrected chi connectivity index (χ3v) is 5.48. The van der Waals surface area contributed by atoms with E-state index in [1.165, 1.54) is 12.8 Å². The molecule has 2 heterocycles. The molecular weight excluding hydrogens is 352 g/mol. The first-order valence-electron chi connectivity index (χ1n) is 8.96. The quantitative estimate of drug-likeness (QED) is 0.770. The molecule has 2 unspecified atom stereocenters. The van der Waals surface area contributed by atoms with Crippen molar-refractivity contribution in [2.45, 2.75) is 50.2 Å². The minimum Gasteiger partial charge on any atom is -0.493 e. The Morgan fingerprint density at radius 3 is 2.46 bits per heavy atom. The standard InChI is InChI=1S/C20H28N2O3.ClH/c1-5-6-13-9-14(10-18(24-3)19(13)25-4)20(23)22(2)17-11-15-7-8-16(12-17)21-15;/h5,9-10,15-17,21H,1,6-8,11-12H2,2-4H3;1H. The van der Waals surface area contributed by atoms with Crippen LogP contribution in [-0.2, 0) is 6.42 Å². The molecule has 1 aromatic rings. The van der Waals surface area contributed by atoms with Crippen LogP contribution in [0.4, 0.5) is 0 Å². The van der Waals surface area contributed by atoms with Crippen LogP contribution in [-0.4, -0.2) is 50.2 Å². The van der Waals surface area contributed by atoms with Gasteiger partial charge in [-0.3, -0.25) is 4.79 Å². The third-order valence-electron chi connectivity index (χ3n) is 5.48. The molecule has 5 nitrogen and oxygen atoms in total. The first-order chi connectivity index (χ1) is 12.1. The van der Waals surface area contributed by atoms with Crippen LogP contribution in [0, 0.1) is 0 Å². The number of benzene rings is 1. The van der Waals surface area contributed by atoms with Gasteiger partial charge in [-0.25, -0.2) is 0 Å². The lowest BCUT2D eigenvalue weighted by atomic mass is 9.97. The minimum absolute atomic E-state index is 0. The van der Waals surface area contributed by atoms with E-state index < -0.39 is 0 Å². The highest BCUT2D eigenvalue weighted by molar-refractivity contribution is 5.95. The topological polar surface area (TPSA) is 50.8 Å². The number of carbonyl (C=O) groups is 1. The highest BCUT2D eigenvalue weighted by Gasteiger charge is 2.36. The Bertz CT molecular complexity index is 653. The highest BCUT2D eigenvalue weighted by Crippen LogP contribution is 2.35. The second-order valence-corrected chi connectivity index (χ2v) is 7.04. The third kappa shape index (κ3) is 3.99. The van der Waals surface area contributed by atoms with Gasteiger partial charge in [0, 0.05) is 36.3 Å². The summed E-state index contributed by atoms with van der Waals surface area (Å²) >= 11 is 0. The molecule has 2 aliphatic heterocycles. The Morgan fingerprint density at radius 2 is 1.92 bits per heavy atom. The highest BCUT2D eigenvalue weighted by atomic mass is 35.5. The molecule has 3 rings (SSSR count).